The van der Waals surface area contributed by atoms with Gasteiger partial charge in [-0.05, 0) is 36.8 Å². The normalized spacial score (nSPS) is 15.2. The minimum atomic E-state index is -1.00. The SMILES string of the molecule is Cc1ccc(-c2n[nH]c3c2[C@H](c2ccccc2)N(c2ccc(C(=O)O)cc2)C3=O)cc1. The first-order valence-electron chi connectivity index (χ1n) is 9.92. The Hall–Kier alpha value is -4.19. The Morgan fingerprint density at radius 1 is 0.968 bits per heavy atom. The molecule has 2 heterocycles. The first kappa shape index (κ1) is 18.8. The summed E-state index contributed by atoms with van der Waals surface area (Å²) in [5.41, 5.74) is 5.84. The zero-order chi connectivity index (χ0) is 21.5. The summed E-state index contributed by atoms with van der Waals surface area (Å²) in [4.78, 5) is 26.4. The van der Waals surface area contributed by atoms with Crippen LogP contribution in [0.3, 0.4) is 0 Å². The molecule has 0 aliphatic carbocycles. The van der Waals surface area contributed by atoms with Gasteiger partial charge in [-0.3, -0.25) is 14.8 Å². The molecule has 1 aromatic heterocycles. The molecule has 1 amide bonds. The van der Waals surface area contributed by atoms with Crippen molar-refractivity contribution in [2.45, 2.75) is 13.0 Å². The zero-order valence-electron chi connectivity index (χ0n) is 16.7. The van der Waals surface area contributed by atoms with E-state index < -0.39 is 5.97 Å². The fourth-order valence-corrected chi connectivity index (χ4v) is 4.06. The van der Waals surface area contributed by atoms with E-state index in [1.54, 1.807) is 17.0 Å². The van der Waals surface area contributed by atoms with Crippen LogP contribution in [0, 0.1) is 6.92 Å². The number of benzene rings is 3. The molecule has 0 saturated carbocycles. The van der Waals surface area contributed by atoms with Gasteiger partial charge >= 0.3 is 5.97 Å². The Morgan fingerprint density at radius 2 is 1.65 bits per heavy atom. The lowest BCUT2D eigenvalue weighted by atomic mass is 9.95. The first-order valence-corrected chi connectivity index (χ1v) is 9.92. The van der Waals surface area contributed by atoms with E-state index >= 15 is 0 Å². The van der Waals surface area contributed by atoms with Gasteiger partial charge in [-0.1, -0.05) is 60.2 Å². The number of aromatic amines is 1. The first-order chi connectivity index (χ1) is 15.0. The lowest BCUT2D eigenvalue weighted by Crippen LogP contribution is -2.29. The minimum absolute atomic E-state index is 0.173. The van der Waals surface area contributed by atoms with Gasteiger partial charge in [0.05, 0.1) is 17.3 Å². The highest BCUT2D eigenvalue weighted by molar-refractivity contribution is 6.11. The van der Waals surface area contributed by atoms with E-state index in [1.165, 1.54) is 12.1 Å². The highest BCUT2D eigenvalue weighted by atomic mass is 16.4. The van der Waals surface area contributed by atoms with E-state index in [0.29, 0.717) is 11.4 Å². The van der Waals surface area contributed by atoms with Crippen LogP contribution in [0.25, 0.3) is 11.3 Å². The van der Waals surface area contributed by atoms with E-state index in [1.807, 2.05) is 61.5 Å². The second kappa shape index (κ2) is 7.25. The number of rotatable bonds is 4. The molecule has 0 unspecified atom stereocenters. The Bertz CT molecular complexity index is 1280. The predicted molar refractivity (Wildman–Crippen MR) is 117 cm³/mol. The third-order valence-corrected chi connectivity index (χ3v) is 5.60. The Balaban J connectivity index is 1.68. The molecule has 6 nitrogen and oxygen atoms in total. The Morgan fingerprint density at radius 3 is 2.29 bits per heavy atom. The molecule has 6 heteroatoms. The van der Waals surface area contributed by atoms with Crippen LogP contribution in [0.15, 0.2) is 78.9 Å². The fraction of sp³-hybridized carbons (Fsp3) is 0.0800. The fourth-order valence-electron chi connectivity index (χ4n) is 4.06. The number of hydrogen-bond acceptors (Lipinski definition) is 3. The van der Waals surface area contributed by atoms with Crippen LogP contribution < -0.4 is 4.90 Å². The van der Waals surface area contributed by atoms with Crippen LogP contribution >= 0.6 is 0 Å². The monoisotopic (exact) mass is 409 g/mol. The largest absolute Gasteiger partial charge is 0.478 e. The number of carboxylic acid groups (broad SMARTS) is 1. The summed E-state index contributed by atoms with van der Waals surface area (Å²) in [7, 11) is 0. The maximum Gasteiger partial charge on any atom is 0.335 e. The Kier molecular flexibility index (Phi) is 4.40. The summed E-state index contributed by atoms with van der Waals surface area (Å²) >= 11 is 0. The molecule has 1 aliphatic heterocycles. The highest BCUT2D eigenvalue weighted by Gasteiger charge is 2.43. The number of nitrogens with zero attached hydrogens (tertiary/aromatic N) is 2. The van der Waals surface area contributed by atoms with Gasteiger partial charge in [-0.2, -0.15) is 5.10 Å². The molecule has 5 rings (SSSR count). The van der Waals surface area contributed by atoms with Gasteiger partial charge in [0.15, 0.2) is 0 Å². The van der Waals surface area contributed by atoms with Crippen molar-refractivity contribution < 1.29 is 14.7 Å². The van der Waals surface area contributed by atoms with Gasteiger partial charge in [-0.25, -0.2) is 4.79 Å². The second-order valence-electron chi connectivity index (χ2n) is 7.57. The molecule has 1 atom stereocenters. The van der Waals surface area contributed by atoms with Crippen molar-refractivity contribution in [2.75, 3.05) is 4.90 Å². The number of fused-ring (bicyclic) bond motifs is 1. The third-order valence-electron chi connectivity index (χ3n) is 5.60. The summed E-state index contributed by atoms with van der Waals surface area (Å²) in [5.74, 6) is -1.20. The molecular weight excluding hydrogens is 390 g/mol. The number of aromatic nitrogens is 2. The van der Waals surface area contributed by atoms with Gasteiger partial charge in [0.1, 0.15) is 5.69 Å². The van der Waals surface area contributed by atoms with Crippen molar-refractivity contribution in [2.24, 2.45) is 0 Å². The minimum Gasteiger partial charge on any atom is -0.478 e. The van der Waals surface area contributed by atoms with Crippen molar-refractivity contribution in [1.29, 1.82) is 0 Å². The van der Waals surface area contributed by atoms with Crippen LogP contribution in [0.4, 0.5) is 5.69 Å². The van der Waals surface area contributed by atoms with Gasteiger partial charge in [0.2, 0.25) is 0 Å². The molecule has 0 radical (unpaired) electrons. The summed E-state index contributed by atoms with van der Waals surface area (Å²) in [5, 5.41) is 16.6. The molecule has 2 N–H and O–H groups in total. The smallest absolute Gasteiger partial charge is 0.335 e. The van der Waals surface area contributed by atoms with E-state index in [2.05, 4.69) is 10.2 Å². The molecule has 0 fully saturated rings. The number of anilines is 1. The number of carbonyl (C=O) groups excluding carboxylic acids is 1. The third kappa shape index (κ3) is 3.09. The van der Waals surface area contributed by atoms with Gasteiger partial charge < -0.3 is 5.11 Å². The van der Waals surface area contributed by atoms with E-state index in [9.17, 15) is 14.7 Å². The average molecular weight is 409 g/mol. The van der Waals surface area contributed by atoms with Crippen LogP contribution in [-0.4, -0.2) is 27.2 Å². The van der Waals surface area contributed by atoms with Crippen LogP contribution in [0.5, 0.6) is 0 Å². The van der Waals surface area contributed by atoms with Gasteiger partial charge in [-0.15, -0.1) is 0 Å². The van der Waals surface area contributed by atoms with Crippen molar-refractivity contribution in [3.63, 3.8) is 0 Å². The maximum atomic E-state index is 13.4. The molecule has 4 aromatic rings. The van der Waals surface area contributed by atoms with E-state index in [-0.39, 0.29) is 17.5 Å². The standard InChI is InChI=1S/C25H19N3O3/c1-15-7-9-16(10-8-15)21-20-22(27-26-21)24(29)28(23(20)17-5-3-2-4-6-17)19-13-11-18(12-14-19)25(30)31/h2-14,23H,1H3,(H,26,27)(H,30,31)/t23-/m0/s1. The van der Waals surface area contributed by atoms with Crippen LogP contribution in [0.2, 0.25) is 0 Å². The number of aryl methyl sites for hydroxylation is 1. The molecule has 1 aliphatic rings. The number of carbonyl (C=O) groups is 2. The predicted octanol–water partition coefficient (Wildman–Crippen LogP) is 4.83. The van der Waals surface area contributed by atoms with Crippen LogP contribution in [0.1, 0.15) is 43.6 Å². The van der Waals surface area contributed by atoms with Crippen molar-refractivity contribution >= 4 is 17.6 Å². The van der Waals surface area contributed by atoms with E-state index in [0.717, 1.165) is 27.9 Å². The lowest BCUT2D eigenvalue weighted by molar-refractivity contribution is 0.0696. The van der Waals surface area contributed by atoms with Crippen LogP contribution in [-0.2, 0) is 0 Å². The van der Waals surface area contributed by atoms with Gasteiger partial charge in [0.25, 0.3) is 5.91 Å². The second-order valence-corrected chi connectivity index (χ2v) is 7.57. The summed E-state index contributed by atoms with van der Waals surface area (Å²) < 4.78 is 0. The maximum absolute atomic E-state index is 13.4. The summed E-state index contributed by atoms with van der Waals surface area (Å²) in [6, 6.07) is 23.8. The van der Waals surface area contributed by atoms with Crippen molar-refractivity contribution in [1.82, 2.24) is 10.2 Å². The average Bonchev–Trinajstić information content (AvgIpc) is 3.34. The number of amides is 1. The number of carboxylic acids is 1. The number of hydrogen-bond donors (Lipinski definition) is 2. The van der Waals surface area contributed by atoms with Crippen molar-refractivity contribution in [3.8, 4) is 11.3 Å². The zero-order valence-corrected chi connectivity index (χ0v) is 16.7. The summed E-state index contributed by atoms with van der Waals surface area (Å²) in [6.07, 6.45) is 0. The molecule has 0 spiro atoms. The topological polar surface area (TPSA) is 86.3 Å². The molecule has 31 heavy (non-hydrogen) atoms. The molecule has 152 valence electrons. The quantitative estimate of drug-likeness (QED) is 0.505. The molecule has 3 aromatic carbocycles. The number of aromatic carboxylic acids is 1. The Labute approximate surface area is 178 Å². The number of nitrogens with one attached hydrogen (secondary N) is 1. The number of H-pyrrole nitrogens is 1. The lowest BCUT2D eigenvalue weighted by Gasteiger charge is -2.26. The van der Waals surface area contributed by atoms with E-state index in [4.69, 9.17) is 0 Å². The molecule has 0 bridgehead atoms. The highest BCUT2D eigenvalue weighted by Crippen LogP contribution is 2.44. The molecular formula is C25H19N3O3. The van der Waals surface area contributed by atoms with Crippen molar-refractivity contribution in [3.05, 3.63) is 107 Å². The molecule has 0 saturated heterocycles. The summed E-state index contributed by atoms with van der Waals surface area (Å²) in [6.45, 7) is 2.03. The van der Waals surface area contributed by atoms with Gasteiger partial charge in [0, 0.05) is 16.8 Å².